The summed E-state index contributed by atoms with van der Waals surface area (Å²) in [6, 6.07) is 4.84. The highest BCUT2D eigenvalue weighted by atomic mass is 14.9. The lowest BCUT2D eigenvalue weighted by Crippen LogP contribution is -2.35. The number of aryl methyl sites for hydroxylation is 1. The first-order valence-electron chi connectivity index (χ1n) is 7.30. The first kappa shape index (κ1) is 13.5. The molecule has 1 aliphatic carbocycles. The predicted molar refractivity (Wildman–Crippen MR) is 76.4 cm³/mol. The van der Waals surface area contributed by atoms with E-state index in [9.17, 15) is 0 Å². The van der Waals surface area contributed by atoms with Gasteiger partial charge >= 0.3 is 0 Å². The molecule has 0 radical (unpaired) electrons. The summed E-state index contributed by atoms with van der Waals surface area (Å²) in [7, 11) is 0. The molecule has 1 fully saturated rings. The summed E-state index contributed by atoms with van der Waals surface area (Å²) in [4.78, 5) is 4.45. The van der Waals surface area contributed by atoms with E-state index in [1.807, 2.05) is 12.3 Å². The molecule has 1 aromatic heterocycles. The lowest BCUT2D eigenvalue weighted by molar-refractivity contribution is 0.230. The van der Waals surface area contributed by atoms with Crippen molar-refractivity contribution in [2.24, 2.45) is 11.8 Å². The minimum absolute atomic E-state index is 0.688. The molecule has 1 aromatic rings. The Labute approximate surface area is 111 Å². The molecule has 18 heavy (non-hydrogen) atoms. The highest BCUT2D eigenvalue weighted by Gasteiger charge is 2.23. The topological polar surface area (TPSA) is 24.9 Å². The van der Waals surface area contributed by atoms with Crippen LogP contribution in [0.2, 0.25) is 0 Å². The van der Waals surface area contributed by atoms with E-state index in [4.69, 9.17) is 0 Å². The summed E-state index contributed by atoms with van der Waals surface area (Å²) in [6.45, 7) is 7.77. The molecule has 0 spiro atoms. The van der Waals surface area contributed by atoms with E-state index in [2.05, 4.69) is 37.1 Å². The molecule has 0 saturated heterocycles. The van der Waals surface area contributed by atoms with Crippen LogP contribution in [0.3, 0.4) is 0 Å². The zero-order chi connectivity index (χ0) is 13.0. The Morgan fingerprint density at radius 2 is 2.22 bits per heavy atom. The van der Waals surface area contributed by atoms with Crippen LogP contribution in [-0.4, -0.2) is 11.0 Å². The van der Waals surface area contributed by atoms with E-state index in [1.165, 1.54) is 36.9 Å². The molecule has 1 saturated carbocycles. The van der Waals surface area contributed by atoms with Gasteiger partial charge in [-0.05, 0) is 43.2 Å². The van der Waals surface area contributed by atoms with E-state index in [0.717, 1.165) is 18.4 Å². The van der Waals surface area contributed by atoms with Gasteiger partial charge in [0.25, 0.3) is 0 Å². The minimum Gasteiger partial charge on any atom is -0.308 e. The van der Waals surface area contributed by atoms with Crippen molar-refractivity contribution in [2.75, 3.05) is 0 Å². The van der Waals surface area contributed by atoms with Gasteiger partial charge in [-0.3, -0.25) is 4.98 Å². The Morgan fingerprint density at radius 1 is 1.39 bits per heavy atom. The van der Waals surface area contributed by atoms with Crippen LogP contribution >= 0.6 is 0 Å². The highest BCUT2D eigenvalue weighted by molar-refractivity contribution is 5.17. The van der Waals surface area contributed by atoms with E-state index in [0.29, 0.717) is 6.04 Å². The third-order valence-electron chi connectivity index (χ3n) is 4.33. The summed E-state index contributed by atoms with van der Waals surface area (Å²) in [5, 5.41) is 3.70. The fourth-order valence-electron chi connectivity index (χ4n) is 2.96. The molecule has 0 amide bonds. The molecule has 0 aliphatic heterocycles. The minimum atomic E-state index is 0.688. The second-order valence-corrected chi connectivity index (χ2v) is 6.02. The number of hydrogen-bond acceptors (Lipinski definition) is 2. The maximum absolute atomic E-state index is 4.45. The second kappa shape index (κ2) is 6.33. The molecule has 2 heteroatoms. The predicted octanol–water partition coefficient (Wildman–Crippen LogP) is 3.69. The summed E-state index contributed by atoms with van der Waals surface area (Å²) in [5.41, 5.74) is 2.49. The maximum Gasteiger partial charge on any atom is 0.0570 e. The number of nitrogens with zero attached hydrogens (tertiary/aromatic N) is 1. The van der Waals surface area contributed by atoms with E-state index < -0.39 is 0 Å². The maximum atomic E-state index is 4.45. The number of nitrogens with one attached hydrogen (secondary N) is 1. The van der Waals surface area contributed by atoms with E-state index >= 15 is 0 Å². The van der Waals surface area contributed by atoms with Crippen LogP contribution < -0.4 is 5.32 Å². The van der Waals surface area contributed by atoms with Crippen molar-refractivity contribution < 1.29 is 0 Å². The monoisotopic (exact) mass is 246 g/mol. The zero-order valence-corrected chi connectivity index (χ0v) is 11.9. The van der Waals surface area contributed by atoms with Gasteiger partial charge in [0.1, 0.15) is 0 Å². The largest absolute Gasteiger partial charge is 0.308 e. The van der Waals surface area contributed by atoms with Crippen LogP contribution in [0.5, 0.6) is 0 Å². The highest BCUT2D eigenvalue weighted by Crippen LogP contribution is 2.30. The molecular weight excluding hydrogens is 220 g/mol. The van der Waals surface area contributed by atoms with Crippen LogP contribution in [0, 0.1) is 18.8 Å². The average Bonchev–Trinajstić information content (AvgIpc) is 2.38. The van der Waals surface area contributed by atoms with Gasteiger partial charge < -0.3 is 5.32 Å². The number of pyridine rings is 1. The van der Waals surface area contributed by atoms with Crippen molar-refractivity contribution in [3.05, 3.63) is 29.6 Å². The third-order valence-corrected chi connectivity index (χ3v) is 4.33. The van der Waals surface area contributed by atoms with Crippen molar-refractivity contribution in [1.29, 1.82) is 0 Å². The van der Waals surface area contributed by atoms with Crippen molar-refractivity contribution >= 4 is 0 Å². The SMILES string of the molecule is Cc1cccnc1CNC1CCCC(C(C)C)C1. The third kappa shape index (κ3) is 3.55. The van der Waals surface area contributed by atoms with Gasteiger partial charge in [-0.2, -0.15) is 0 Å². The molecular formula is C16H26N2. The smallest absolute Gasteiger partial charge is 0.0570 e. The van der Waals surface area contributed by atoms with Crippen molar-refractivity contribution in [3.8, 4) is 0 Å². The fourth-order valence-corrected chi connectivity index (χ4v) is 2.96. The van der Waals surface area contributed by atoms with Gasteiger partial charge in [-0.25, -0.2) is 0 Å². The van der Waals surface area contributed by atoms with Crippen molar-refractivity contribution in [2.45, 2.75) is 59.0 Å². The van der Waals surface area contributed by atoms with Crippen molar-refractivity contribution in [1.82, 2.24) is 10.3 Å². The molecule has 1 N–H and O–H groups in total. The van der Waals surface area contributed by atoms with Gasteiger partial charge in [-0.15, -0.1) is 0 Å². The van der Waals surface area contributed by atoms with Crippen LogP contribution in [-0.2, 0) is 6.54 Å². The summed E-state index contributed by atoms with van der Waals surface area (Å²) in [5.74, 6) is 1.73. The summed E-state index contributed by atoms with van der Waals surface area (Å²) >= 11 is 0. The normalized spacial score (nSPS) is 24.4. The van der Waals surface area contributed by atoms with Crippen LogP contribution in [0.25, 0.3) is 0 Å². The Hall–Kier alpha value is -0.890. The first-order chi connectivity index (χ1) is 8.66. The Morgan fingerprint density at radius 3 is 2.94 bits per heavy atom. The lowest BCUT2D eigenvalue weighted by Gasteiger charge is -2.32. The van der Waals surface area contributed by atoms with Gasteiger partial charge in [0.05, 0.1) is 5.69 Å². The van der Waals surface area contributed by atoms with Crippen molar-refractivity contribution in [3.63, 3.8) is 0 Å². The molecule has 1 aliphatic rings. The number of rotatable bonds is 4. The molecule has 0 bridgehead atoms. The lowest BCUT2D eigenvalue weighted by atomic mass is 9.79. The summed E-state index contributed by atoms with van der Waals surface area (Å²) in [6.07, 6.45) is 7.35. The van der Waals surface area contributed by atoms with E-state index in [-0.39, 0.29) is 0 Å². The number of hydrogen-bond donors (Lipinski definition) is 1. The molecule has 1 heterocycles. The average molecular weight is 246 g/mol. The quantitative estimate of drug-likeness (QED) is 0.876. The second-order valence-electron chi connectivity index (χ2n) is 6.02. The molecule has 2 rings (SSSR count). The zero-order valence-electron chi connectivity index (χ0n) is 11.9. The van der Waals surface area contributed by atoms with E-state index in [1.54, 1.807) is 0 Å². The van der Waals surface area contributed by atoms with Gasteiger partial charge in [0.15, 0.2) is 0 Å². The summed E-state index contributed by atoms with van der Waals surface area (Å²) < 4.78 is 0. The van der Waals surface area contributed by atoms with Crippen LogP contribution in [0.15, 0.2) is 18.3 Å². The molecule has 2 unspecified atom stereocenters. The standard InChI is InChI=1S/C16H26N2/c1-12(2)14-7-4-8-15(10-14)18-11-16-13(3)6-5-9-17-16/h5-6,9,12,14-15,18H,4,7-8,10-11H2,1-3H3. The van der Waals surface area contributed by atoms with Gasteiger partial charge in [0, 0.05) is 18.8 Å². The molecule has 2 nitrogen and oxygen atoms in total. The first-order valence-corrected chi connectivity index (χ1v) is 7.30. The fraction of sp³-hybridized carbons (Fsp3) is 0.688. The molecule has 0 aromatic carbocycles. The van der Waals surface area contributed by atoms with Gasteiger partial charge in [-0.1, -0.05) is 32.8 Å². The Bertz CT molecular complexity index is 373. The van der Waals surface area contributed by atoms with Gasteiger partial charge in [0.2, 0.25) is 0 Å². The van der Waals surface area contributed by atoms with Crippen LogP contribution in [0.1, 0.15) is 50.8 Å². The number of aromatic nitrogens is 1. The van der Waals surface area contributed by atoms with Crippen LogP contribution in [0.4, 0.5) is 0 Å². The Balaban J connectivity index is 1.85. The molecule has 2 atom stereocenters. The Kier molecular flexibility index (Phi) is 4.76. The molecule has 100 valence electrons.